The highest BCUT2D eigenvalue weighted by Gasteiger charge is 2.16. The maximum Gasteiger partial charge on any atom is 0.0951 e. The van der Waals surface area contributed by atoms with Gasteiger partial charge in [0, 0.05) is 18.3 Å². The minimum absolute atomic E-state index is 0.0158. The van der Waals surface area contributed by atoms with Gasteiger partial charge in [0.15, 0.2) is 0 Å². The molecule has 0 aliphatic rings. The summed E-state index contributed by atoms with van der Waals surface area (Å²) in [4.78, 5) is 3.94. The zero-order chi connectivity index (χ0) is 7.61. The molecule has 0 radical (unpaired) electrons. The second-order valence-electron chi connectivity index (χ2n) is 2.92. The lowest BCUT2D eigenvalue weighted by Gasteiger charge is -2.22. The van der Waals surface area contributed by atoms with Crippen molar-refractivity contribution in [3.8, 4) is 0 Å². The van der Waals surface area contributed by atoms with Crippen LogP contribution >= 0.6 is 11.6 Å². The molecule has 1 rings (SSSR count). The molecule has 0 saturated heterocycles. The maximum absolute atomic E-state index is 5.74. The molecule has 0 atom stereocenters. The highest BCUT2D eigenvalue weighted by atomic mass is 35.5. The molecule has 1 aromatic rings. The van der Waals surface area contributed by atoms with E-state index in [4.69, 9.17) is 11.6 Å². The lowest BCUT2D eigenvalue weighted by atomic mass is 10.1. The molecule has 0 aliphatic carbocycles. The van der Waals surface area contributed by atoms with Crippen LogP contribution in [0.2, 0.25) is 0 Å². The van der Waals surface area contributed by atoms with Crippen LogP contribution in [0.25, 0.3) is 0 Å². The predicted octanol–water partition coefficient (Wildman–Crippen LogP) is 1.86. The normalized spacial score (nSPS) is 11.9. The second-order valence-corrected chi connectivity index (χ2v) is 3.18. The summed E-state index contributed by atoms with van der Waals surface area (Å²) >= 11 is 5.74. The first-order valence-electron chi connectivity index (χ1n) is 3.21. The molecule has 0 unspecified atom stereocenters. The zero-order valence-electron chi connectivity index (χ0n) is 6.21. The highest BCUT2D eigenvalue weighted by Crippen LogP contribution is 2.15. The number of hydrogen-bond donors (Lipinski definition) is 0. The Morgan fingerprint density at radius 1 is 1.60 bits per heavy atom. The standard InChI is InChI=1S/C7H11ClN2/c1-7(2,5-8)10-4-3-9-6-10/h3-4,6H,5H2,1-2H3. The van der Waals surface area contributed by atoms with Gasteiger partial charge in [-0.15, -0.1) is 11.6 Å². The van der Waals surface area contributed by atoms with E-state index in [-0.39, 0.29) is 5.54 Å². The minimum atomic E-state index is -0.0158. The minimum Gasteiger partial charge on any atom is -0.331 e. The fraction of sp³-hybridized carbons (Fsp3) is 0.571. The Labute approximate surface area is 65.8 Å². The number of nitrogens with zero attached hydrogens (tertiary/aromatic N) is 2. The smallest absolute Gasteiger partial charge is 0.0951 e. The number of aromatic nitrogens is 2. The molecular weight excluding hydrogens is 148 g/mol. The summed E-state index contributed by atoms with van der Waals surface area (Å²) in [6.45, 7) is 4.14. The number of alkyl halides is 1. The SMILES string of the molecule is CC(C)(CCl)n1ccnc1. The van der Waals surface area contributed by atoms with E-state index >= 15 is 0 Å². The Morgan fingerprint density at radius 3 is 2.70 bits per heavy atom. The van der Waals surface area contributed by atoms with Crippen LogP contribution in [0, 0.1) is 0 Å². The Balaban J connectivity index is 2.85. The van der Waals surface area contributed by atoms with Crippen molar-refractivity contribution >= 4 is 11.6 Å². The van der Waals surface area contributed by atoms with E-state index in [9.17, 15) is 0 Å². The lowest BCUT2D eigenvalue weighted by Crippen LogP contribution is -2.26. The van der Waals surface area contributed by atoms with E-state index in [0.29, 0.717) is 5.88 Å². The first kappa shape index (κ1) is 7.61. The molecule has 0 amide bonds. The van der Waals surface area contributed by atoms with Crippen molar-refractivity contribution in [1.29, 1.82) is 0 Å². The number of rotatable bonds is 2. The van der Waals surface area contributed by atoms with Gasteiger partial charge in [-0.3, -0.25) is 0 Å². The molecule has 1 aromatic heterocycles. The molecule has 2 nitrogen and oxygen atoms in total. The molecule has 3 heteroatoms. The Morgan fingerprint density at radius 2 is 2.30 bits per heavy atom. The van der Waals surface area contributed by atoms with Gasteiger partial charge < -0.3 is 4.57 Å². The first-order chi connectivity index (χ1) is 4.67. The first-order valence-corrected chi connectivity index (χ1v) is 3.75. The van der Waals surface area contributed by atoms with Crippen LogP contribution in [0.15, 0.2) is 18.7 Å². The Hall–Kier alpha value is -0.500. The highest BCUT2D eigenvalue weighted by molar-refractivity contribution is 6.18. The van der Waals surface area contributed by atoms with Crippen LogP contribution in [0.1, 0.15) is 13.8 Å². The molecule has 0 bridgehead atoms. The van der Waals surface area contributed by atoms with Crippen LogP contribution in [-0.2, 0) is 5.54 Å². The molecular formula is C7H11ClN2. The molecule has 0 aliphatic heterocycles. The van der Waals surface area contributed by atoms with Gasteiger partial charge in [0.2, 0.25) is 0 Å². The monoisotopic (exact) mass is 158 g/mol. The van der Waals surface area contributed by atoms with Crippen molar-refractivity contribution in [2.24, 2.45) is 0 Å². The maximum atomic E-state index is 5.74. The van der Waals surface area contributed by atoms with Gasteiger partial charge in [0.25, 0.3) is 0 Å². The van der Waals surface area contributed by atoms with Crippen LogP contribution < -0.4 is 0 Å². The van der Waals surface area contributed by atoms with Gasteiger partial charge in [-0.1, -0.05) is 0 Å². The van der Waals surface area contributed by atoms with Crippen molar-refractivity contribution in [2.75, 3.05) is 5.88 Å². The van der Waals surface area contributed by atoms with E-state index in [2.05, 4.69) is 18.8 Å². The Bertz CT molecular complexity index is 191. The van der Waals surface area contributed by atoms with E-state index in [1.54, 1.807) is 12.5 Å². The molecule has 0 aromatic carbocycles. The van der Waals surface area contributed by atoms with E-state index in [1.807, 2.05) is 10.8 Å². The fourth-order valence-corrected chi connectivity index (χ4v) is 0.824. The third-order valence-electron chi connectivity index (χ3n) is 1.53. The van der Waals surface area contributed by atoms with Crippen molar-refractivity contribution < 1.29 is 0 Å². The van der Waals surface area contributed by atoms with E-state index in [0.717, 1.165) is 0 Å². The van der Waals surface area contributed by atoms with Gasteiger partial charge in [0.1, 0.15) is 0 Å². The van der Waals surface area contributed by atoms with Crippen LogP contribution in [-0.4, -0.2) is 15.4 Å². The van der Waals surface area contributed by atoms with Crippen LogP contribution in [0.4, 0.5) is 0 Å². The fourth-order valence-electron chi connectivity index (χ4n) is 0.686. The van der Waals surface area contributed by atoms with E-state index < -0.39 is 0 Å². The van der Waals surface area contributed by atoms with Gasteiger partial charge >= 0.3 is 0 Å². The number of halogens is 1. The molecule has 1 heterocycles. The predicted molar refractivity (Wildman–Crippen MR) is 42.3 cm³/mol. The average Bonchev–Trinajstić information content (AvgIpc) is 2.38. The van der Waals surface area contributed by atoms with Gasteiger partial charge in [-0.2, -0.15) is 0 Å². The number of imidazole rings is 1. The summed E-state index contributed by atoms with van der Waals surface area (Å²) in [5.41, 5.74) is -0.0158. The molecule has 0 saturated carbocycles. The van der Waals surface area contributed by atoms with Gasteiger partial charge in [-0.05, 0) is 13.8 Å². The molecule has 0 fully saturated rings. The topological polar surface area (TPSA) is 17.8 Å². The molecule has 0 N–H and O–H groups in total. The lowest BCUT2D eigenvalue weighted by molar-refractivity contribution is 0.402. The average molecular weight is 159 g/mol. The van der Waals surface area contributed by atoms with Crippen molar-refractivity contribution in [2.45, 2.75) is 19.4 Å². The second kappa shape index (κ2) is 2.62. The molecule has 56 valence electrons. The van der Waals surface area contributed by atoms with Crippen molar-refractivity contribution in [3.63, 3.8) is 0 Å². The third-order valence-corrected chi connectivity index (χ3v) is 2.18. The summed E-state index contributed by atoms with van der Waals surface area (Å²) in [6, 6.07) is 0. The zero-order valence-corrected chi connectivity index (χ0v) is 6.97. The Kier molecular flexibility index (Phi) is 2.00. The summed E-state index contributed by atoms with van der Waals surface area (Å²) in [7, 11) is 0. The number of hydrogen-bond acceptors (Lipinski definition) is 1. The summed E-state index contributed by atoms with van der Waals surface area (Å²) < 4.78 is 2.00. The summed E-state index contributed by atoms with van der Waals surface area (Å²) in [5, 5.41) is 0. The van der Waals surface area contributed by atoms with E-state index in [1.165, 1.54) is 0 Å². The van der Waals surface area contributed by atoms with Gasteiger partial charge in [0.05, 0.1) is 11.9 Å². The van der Waals surface area contributed by atoms with Crippen molar-refractivity contribution in [3.05, 3.63) is 18.7 Å². The molecule has 10 heavy (non-hydrogen) atoms. The van der Waals surface area contributed by atoms with Crippen LogP contribution in [0.5, 0.6) is 0 Å². The molecule has 0 spiro atoms. The summed E-state index contributed by atoms with van der Waals surface area (Å²) in [6.07, 6.45) is 5.46. The largest absolute Gasteiger partial charge is 0.331 e. The summed E-state index contributed by atoms with van der Waals surface area (Å²) in [5.74, 6) is 0.601. The third kappa shape index (κ3) is 1.32. The van der Waals surface area contributed by atoms with Gasteiger partial charge in [-0.25, -0.2) is 4.98 Å². The van der Waals surface area contributed by atoms with Crippen molar-refractivity contribution in [1.82, 2.24) is 9.55 Å². The van der Waals surface area contributed by atoms with Crippen LogP contribution in [0.3, 0.4) is 0 Å². The quantitative estimate of drug-likeness (QED) is 0.601.